The standard InChI is InChI=1S/C8H17NO/c1-7(9)8(10-2)5-3-4-6-8/h7H,3-6,9H2,1-2H3. The van der Waals surface area contributed by atoms with E-state index in [1.807, 2.05) is 6.92 Å². The smallest absolute Gasteiger partial charge is 0.0826 e. The molecular weight excluding hydrogens is 126 g/mol. The van der Waals surface area contributed by atoms with E-state index in [1.54, 1.807) is 7.11 Å². The van der Waals surface area contributed by atoms with E-state index in [9.17, 15) is 0 Å². The number of rotatable bonds is 2. The summed E-state index contributed by atoms with van der Waals surface area (Å²) in [6.45, 7) is 2.04. The Bertz CT molecular complexity index is 106. The van der Waals surface area contributed by atoms with Crippen LogP contribution in [0.2, 0.25) is 0 Å². The van der Waals surface area contributed by atoms with Gasteiger partial charge in [0.25, 0.3) is 0 Å². The van der Waals surface area contributed by atoms with Crippen molar-refractivity contribution < 1.29 is 4.74 Å². The van der Waals surface area contributed by atoms with Crippen molar-refractivity contribution in [2.75, 3.05) is 7.11 Å². The molecule has 0 aromatic rings. The molecule has 0 aliphatic heterocycles. The molecule has 2 heteroatoms. The Morgan fingerprint density at radius 3 is 2.10 bits per heavy atom. The van der Waals surface area contributed by atoms with Gasteiger partial charge in [0.15, 0.2) is 0 Å². The highest BCUT2D eigenvalue weighted by Crippen LogP contribution is 2.34. The Hall–Kier alpha value is -0.0800. The van der Waals surface area contributed by atoms with Crippen molar-refractivity contribution in [3.05, 3.63) is 0 Å². The van der Waals surface area contributed by atoms with Gasteiger partial charge in [-0.15, -0.1) is 0 Å². The molecule has 1 aliphatic carbocycles. The first-order chi connectivity index (χ1) is 4.71. The fraction of sp³-hybridized carbons (Fsp3) is 1.00. The van der Waals surface area contributed by atoms with E-state index in [2.05, 4.69) is 0 Å². The highest BCUT2D eigenvalue weighted by molar-refractivity contribution is 4.92. The van der Waals surface area contributed by atoms with Crippen molar-refractivity contribution in [2.24, 2.45) is 5.73 Å². The van der Waals surface area contributed by atoms with Crippen molar-refractivity contribution in [1.82, 2.24) is 0 Å². The van der Waals surface area contributed by atoms with Gasteiger partial charge in [0, 0.05) is 13.2 Å². The average molecular weight is 143 g/mol. The summed E-state index contributed by atoms with van der Waals surface area (Å²) < 4.78 is 5.44. The highest BCUT2D eigenvalue weighted by atomic mass is 16.5. The Balaban J connectivity index is 2.58. The summed E-state index contributed by atoms with van der Waals surface area (Å²) in [4.78, 5) is 0. The summed E-state index contributed by atoms with van der Waals surface area (Å²) in [6, 6.07) is 0.181. The highest BCUT2D eigenvalue weighted by Gasteiger charge is 2.36. The SMILES string of the molecule is COC1(C(C)N)CCCC1. The molecule has 0 amide bonds. The fourth-order valence-corrected chi connectivity index (χ4v) is 1.82. The van der Waals surface area contributed by atoms with Crippen LogP contribution in [0, 0.1) is 0 Å². The van der Waals surface area contributed by atoms with Gasteiger partial charge >= 0.3 is 0 Å². The van der Waals surface area contributed by atoms with Gasteiger partial charge in [-0.3, -0.25) is 0 Å². The minimum absolute atomic E-state index is 0.0139. The fourth-order valence-electron chi connectivity index (χ4n) is 1.82. The average Bonchev–Trinajstić information content (AvgIpc) is 2.35. The third kappa shape index (κ3) is 1.18. The summed E-state index contributed by atoms with van der Waals surface area (Å²) in [5, 5.41) is 0. The lowest BCUT2D eigenvalue weighted by Crippen LogP contribution is -2.45. The quantitative estimate of drug-likeness (QED) is 0.632. The third-order valence-corrected chi connectivity index (χ3v) is 2.69. The summed E-state index contributed by atoms with van der Waals surface area (Å²) in [7, 11) is 1.77. The molecule has 1 rings (SSSR count). The van der Waals surface area contributed by atoms with Crippen LogP contribution < -0.4 is 5.73 Å². The van der Waals surface area contributed by atoms with Crippen LogP contribution in [0.3, 0.4) is 0 Å². The molecule has 0 bridgehead atoms. The Kier molecular flexibility index (Phi) is 2.32. The predicted molar refractivity (Wildman–Crippen MR) is 41.9 cm³/mol. The topological polar surface area (TPSA) is 35.2 Å². The molecule has 2 nitrogen and oxygen atoms in total. The van der Waals surface area contributed by atoms with Crippen LogP contribution >= 0.6 is 0 Å². The van der Waals surface area contributed by atoms with Crippen LogP contribution in [0.5, 0.6) is 0 Å². The first kappa shape index (κ1) is 8.02. The molecule has 1 saturated carbocycles. The van der Waals surface area contributed by atoms with Crippen LogP contribution in [0.4, 0.5) is 0 Å². The molecule has 0 saturated heterocycles. The van der Waals surface area contributed by atoms with Crippen molar-refractivity contribution >= 4 is 0 Å². The molecule has 0 radical (unpaired) electrons. The molecule has 0 aromatic carbocycles. The Morgan fingerprint density at radius 2 is 1.90 bits per heavy atom. The van der Waals surface area contributed by atoms with Crippen LogP contribution in [-0.2, 0) is 4.74 Å². The van der Waals surface area contributed by atoms with E-state index in [-0.39, 0.29) is 11.6 Å². The Labute approximate surface area is 62.7 Å². The van der Waals surface area contributed by atoms with E-state index < -0.39 is 0 Å². The first-order valence-electron chi connectivity index (χ1n) is 4.02. The van der Waals surface area contributed by atoms with Crippen LogP contribution in [0.15, 0.2) is 0 Å². The van der Waals surface area contributed by atoms with Crippen molar-refractivity contribution in [3.8, 4) is 0 Å². The van der Waals surface area contributed by atoms with Gasteiger partial charge in [-0.2, -0.15) is 0 Å². The maximum Gasteiger partial charge on any atom is 0.0826 e. The van der Waals surface area contributed by atoms with E-state index in [0.29, 0.717) is 0 Å². The molecule has 1 aliphatic rings. The van der Waals surface area contributed by atoms with E-state index in [4.69, 9.17) is 10.5 Å². The van der Waals surface area contributed by atoms with Crippen LogP contribution in [0.1, 0.15) is 32.6 Å². The maximum absolute atomic E-state index is 5.82. The van der Waals surface area contributed by atoms with Crippen LogP contribution in [0.25, 0.3) is 0 Å². The zero-order chi connectivity index (χ0) is 7.61. The van der Waals surface area contributed by atoms with Crippen LogP contribution in [-0.4, -0.2) is 18.8 Å². The minimum atomic E-state index is 0.0139. The number of hydrogen-bond donors (Lipinski definition) is 1. The second-order valence-electron chi connectivity index (χ2n) is 3.26. The summed E-state index contributed by atoms with van der Waals surface area (Å²) in [6.07, 6.45) is 4.83. The number of methoxy groups -OCH3 is 1. The lowest BCUT2D eigenvalue weighted by Gasteiger charge is -2.31. The molecule has 10 heavy (non-hydrogen) atoms. The first-order valence-corrected chi connectivity index (χ1v) is 4.02. The number of nitrogens with two attached hydrogens (primary N) is 1. The molecular formula is C8H17NO. The molecule has 60 valence electrons. The van der Waals surface area contributed by atoms with Gasteiger partial charge in [0.05, 0.1) is 5.60 Å². The molecule has 0 heterocycles. The molecule has 1 fully saturated rings. The number of ether oxygens (including phenoxy) is 1. The lowest BCUT2D eigenvalue weighted by atomic mass is 9.94. The van der Waals surface area contributed by atoms with Gasteiger partial charge in [0.1, 0.15) is 0 Å². The van der Waals surface area contributed by atoms with E-state index in [1.165, 1.54) is 12.8 Å². The van der Waals surface area contributed by atoms with Gasteiger partial charge in [0.2, 0.25) is 0 Å². The largest absolute Gasteiger partial charge is 0.377 e. The third-order valence-electron chi connectivity index (χ3n) is 2.69. The van der Waals surface area contributed by atoms with Gasteiger partial charge in [-0.25, -0.2) is 0 Å². The molecule has 1 atom stereocenters. The maximum atomic E-state index is 5.82. The molecule has 2 N–H and O–H groups in total. The van der Waals surface area contributed by atoms with Crippen molar-refractivity contribution in [2.45, 2.75) is 44.2 Å². The molecule has 0 aromatic heterocycles. The van der Waals surface area contributed by atoms with Gasteiger partial charge < -0.3 is 10.5 Å². The summed E-state index contributed by atoms with van der Waals surface area (Å²) >= 11 is 0. The second kappa shape index (κ2) is 2.89. The van der Waals surface area contributed by atoms with Gasteiger partial charge in [-0.1, -0.05) is 12.8 Å². The zero-order valence-corrected chi connectivity index (χ0v) is 6.89. The van der Waals surface area contributed by atoms with Crippen molar-refractivity contribution in [3.63, 3.8) is 0 Å². The monoisotopic (exact) mass is 143 g/mol. The Morgan fingerprint density at radius 1 is 1.40 bits per heavy atom. The molecule has 1 unspecified atom stereocenters. The second-order valence-corrected chi connectivity index (χ2v) is 3.26. The number of hydrogen-bond acceptors (Lipinski definition) is 2. The zero-order valence-electron chi connectivity index (χ0n) is 6.89. The molecule has 0 spiro atoms. The van der Waals surface area contributed by atoms with Crippen molar-refractivity contribution in [1.29, 1.82) is 0 Å². The lowest BCUT2D eigenvalue weighted by molar-refractivity contribution is -0.0209. The minimum Gasteiger partial charge on any atom is -0.377 e. The van der Waals surface area contributed by atoms with E-state index >= 15 is 0 Å². The summed E-state index contributed by atoms with van der Waals surface area (Å²) in [5.74, 6) is 0. The normalized spacial score (nSPS) is 26.7. The van der Waals surface area contributed by atoms with Gasteiger partial charge in [-0.05, 0) is 19.8 Å². The predicted octanol–water partition coefficient (Wildman–Crippen LogP) is 1.29. The van der Waals surface area contributed by atoms with E-state index in [0.717, 1.165) is 12.8 Å². The summed E-state index contributed by atoms with van der Waals surface area (Å²) in [5.41, 5.74) is 5.83.